The molecule has 0 bridgehead atoms. The van der Waals surface area contributed by atoms with Crippen molar-refractivity contribution in [1.82, 2.24) is 10.2 Å². The van der Waals surface area contributed by atoms with Gasteiger partial charge in [-0.2, -0.15) is 0 Å². The maximum Gasteiger partial charge on any atom is 0.255 e. The summed E-state index contributed by atoms with van der Waals surface area (Å²) in [4.78, 5) is 14.2. The second-order valence-corrected chi connectivity index (χ2v) is 7.87. The van der Waals surface area contributed by atoms with Gasteiger partial charge in [-0.15, -0.1) is 0 Å². The summed E-state index contributed by atoms with van der Waals surface area (Å²) in [5.74, 6) is 0.0499. The number of hydrogen-bond acceptors (Lipinski definition) is 4. The van der Waals surface area contributed by atoms with E-state index in [4.69, 9.17) is 11.6 Å². The number of piperazine rings is 1. The highest BCUT2D eigenvalue weighted by molar-refractivity contribution is 7.93. The Labute approximate surface area is 135 Å². The predicted octanol–water partition coefficient (Wildman–Crippen LogP) is 0.925. The van der Waals surface area contributed by atoms with E-state index in [1.807, 2.05) is 0 Å². The van der Waals surface area contributed by atoms with Crippen LogP contribution in [0.4, 0.5) is 5.69 Å². The summed E-state index contributed by atoms with van der Waals surface area (Å²) >= 11 is 6.23. The molecule has 0 atom stereocenters. The van der Waals surface area contributed by atoms with Gasteiger partial charge in [-0.25, -0.2) is 8.42 Å². The lowest BCUT2D eigenvalue weighted by Crippen LogP contribution is -2.46. The van der Waals surface area contributed by atoms with Gasteiger partial charge in [0.25, 0.3) is 5.91 Å². The molecular weight excluding hydrogens is 326 g/mol. The Bertz CT molecular complexity index is 687. The Hall–Kier alpha value is -1.31. The van der Waals surface area contributed by atoms with E-state index >= 15 is 0 Å². The number of carbonyl (C=O) groups excluding carboxylic acids is 1. The molecule has 0 saturated carbocycles. The maximum absolute atomic E-state index is 12.5. The summed E-state index contributed by atoms with van der Waals surface area (Å²) in [6.07, 6.45) is 0.613. The Kier molecular flexibility index (Phi) is 4.29. The number of halogens is 1. The number of nitrogens with one attached hydrogen (secondary N) is 1. The minimum atomic E-state index is -3.24. The molecule has 1 aromatic rings. The Morgan fingerprint density at radius 1 is 1.18 bits per heavy atom. The Balaban J connectivity index is 1.84. The van der Waals surface area contributed by atoms with Crippen LogP contribution in [0.1, 0.15) is 16.8 Å². The fourth-order valence-electron chi connectivity index (χ4n) is 2.80. The van der Waals surface area contributed by atoms with Gasteiger partial charge in [0.1, 0.15) is 0 Å². The molecule has 2 heterocycles. The molecule has 6 nitrogen and oxygen atoms in total. The standard InChI is InChI=1S/C14H18ClN3O3S/c15-13-10-11(18-6-1-9-22(18,20)21)2-3-12(13)14(19)17-7-4-16-5-8-17/h2-3,10,16H,1,4-9H2. The quantitative estimate of drug-likeness (QED) is 0.867. The van der Waals surface area contributed by atoms with Crippen LogP contribution in [-0.4, -0.2) is 57.7 Å². The second kappa shape index (κ2) is 6.06. The third-order valence-electron chi connectivity index (χ3n) is 3.97. The number of sulfonamides is 1. The van der Waals surface area contributed by atoms with Crippen LogP contribution in [0, 0.1) is 0 Å². The summed E-state index contributed by atoms with van der Waals surface area (Å²) in [6, 6.07) is 4.85. The molecule has 2 aliphatic heterocycles. The van der Waals surface area contributed by atoms with Crippen molar-refractivity contribution in [2.24, 2.45) is 0 Å². The molecule has 0 aromatic heterocycles. The van der Waals surface area contributed by atoms with Gasteiger partial charge in [0.05, 0.1) is 22.0 Å². The van der Waals surface area contributed by atoms with Crippen LogP contribution in [0.3, 0.4) is 0 Å². The van der Waals surface area contributed by atoms with E-state index in [0.717, 1.165) is 13.1 Å². The van der Waals surface area contributed by atoms with Crippen molar-refractivity contribution in [2.45, 2.75) is 6.42 Å². The van der Waals surface area contributed by atoms with E-state index in [2.05, 4.69) is 5.32 Å². The fraction of sp³-hybridized carbons (Fsp3) is 0.500. The summed E-state index contributed by atoms with van der Waals surface area (Å²) in [6.45, 7) is 3.31. The zero-order valence-corrected chi connectivity index (χ0v) is 13.7. The minimum absolute atomic E-state index is 0.109. The predicted molar refractivity (Wildman–Crippen MR) is 86.0 cm³/mol. The zero-order chi connectivity index (χ0) is 15.7. The Morgan fingerprint density at radius 3 is 2.50 bits per heavy atom. The van der Waals surface area contributed by atoms with E-state index in [1.54, 1.807) is 23.1 Å². The van der Waals surface area contributed by atoms with E-state index in [1.165, 1.54) is 4.31 Å². The van der Waals surface area contributed by atoms with Crippen LogP contribution in [0.15, 0.2) is 18.2 Å². The number of nitrogens with zero attached hydrogens (tertiary/aromatic N) is 2. The second-order valence-electron chi connectivity index (χ2n) is 5.45. The highest BCUT2D eigenvalue weighted by Crippen LogP contribution is 2.29. The van der Waals surface area contributed by atoms with Gasteiger partial charge in [-0.1, -0.05) is 11.6 Å². The maximum atomic E-state index is 12.5. The smallest absolute Gasteiger partial charge is 0.255 e. The van der Waals surface area contributed by atoms with E-state index in [0.29, 0.717) is 42.3 Å². The van der Waals surface area contributed by atoms with Crippen LogP contribution in [0.5, 0.6) is 0 Å². The average molecular weight is 344 g/mol. The summed E-state index contributed by atoms with van der Waals surface area (Å²) in [7, 11) is -3.24. The number of benzene rings is 1. The zero-order valence-electron chi connectivity index (χ0n) is 12.1. The van der Waals surface area contributed by atoms with Crippen LogP contribution in [0.25, 0.3) is 0 Å². The van der Waals surface area contributed by atoms with Crippen molar-refractivity contribution in [1.29, 1.82) is 0 Å². The lowest BCUT2D eigenvalue weighted by molar-refractivity contribution is 0.0736. The molecule has 120 valence electrons. The summed E-state index contributed by atoms with van der Waals surface area (Å²) < 4.78 is 25.2. The van der Waals surface area contributed by atoms with Crippen molar-refractivity contribution in [3.05, 3.63) is 28.8 Å². The lowest BCUT2D eigenvalue weighted by Gasteiger charge is -2.28. The molecule has 0 radical (unpaired) electrons. The number of hydrogen-bond donors (Lipinski definition) is 1. The monoisotopic (exact) mass is 343 g/mol. The van der Waals surface area contributed by atoms with Crippen LogP contribution >= 0.6 is 11.6 Å². The van der Waals surface area contributed by atoms with Gasteiger partial charge in [-0.05, 0) is 24.6 Å². The highest BCUT2D eigenvalue weighted by Gasteiger charge is 2.29. The van der Waals surface area contributed by atoms with Crippen LogP contribution in [-0.2, 0) is 10.0 Å². The number of rotatable bonds is 2. The van der Waals surface area contributed by atoms with E-state index in [9.17, 15) is 13.2 Å². The molecule has 2 saturated heterocycles. The van der Waals surface area contributed by atoms with Crippen molar-refractivity contribution in [2.75, 3.05) is 42.8 Å². The molecule has 0 spiro atoms. The normalized spacial score (nSPS) is 21.1. The van der Waals surface area contributed by atoms with Gasteiger partial charge in [0, 0.05) is 32.7 Å². The molecule has 2 aliphatic rings. The highest BCUT2D eigenvalue weighted by atomic mass is 35.5. The Morgan fingerprint density at radius 2 is 1.91 bits per heavy atom. The van der Waals surface area contributed by atoms with Crippen molar-refractivity contribution in [3.63, 3.8) is 0 Å². The molecule has 0 unspecified atom stereocenters. The van der Waals surface area contributed by atoms with Gasteiger partial charge < -0.3 is 10.2 Å². The van der Waals surface area contributed by atoms with Gasteiger partial charge in [0.2, 0.25) is 10.0 Å². The molecular formula is C14H18ClN3O3S. The molecule has 1 N–H and O–H groups in total. The first-order valence-electron chi connectivity index (χ1n) is 7.29. The molecule has 1 aromatic carbocycles. The van der Waals surface area contributed by atoms with E-state index in [-0.39, 0.29) is 11.7 Å². The first kappa shape index (κ1) is 15.6. The van der Waals surface area contributed by atoms with Crippen LogP contribution < -0.4 is 9.62 Å². The van der Waals surface area contributed by atoms with Crippen molar-refractivity contribution in [3.8, 4) is 0 Å². The largest absolute Gasteiger partial charge is 0.336 e. The lowest BCUT2D eigenvalue weighted by atomic mass is 10.1. The fourth-order valence-corrected chi connectivity index (χ4v) is 4.61. The molecule has 3 rings (SSSR count). The van der Waals surface area contributed by atoms with Crippen molar-refractivity contribution >= 4 is 33.2 Å². The van der Waals surface area contributed by atoms with Crippen molar-refractivity contribution < 1.29 is 13.2 Å². The summed E-state index contributed by atoms with van der Waals surface area (Å²) in [5.41, 5.74) is 0.947. The molecule has 22 heavy (non-hydrogen) atoms. The molecule has 8 heteroatoms. The molecule has 1 amide bonds. The number of anilines is 1. The number of amides is 1. The van der Waals surface area contributed by atoms with Gasteiger partial charge in [0.15, 0.2) is 0 Å². The number of carbonyl (C=O) groups is 1. The third kappa shape index (κ3) is 2.93. The summed E-state index contributed by atoms with van der Waals surface area (Å²) in [5, 5.41) is 3.49. The average Bonchev–Trinajstić information content (AvgIpc) is 2.87. The first-order chi connectivity index (χ1) is 10.5. The van der Waals surface area contributed by atoms with Crippen LogP contribution in [0.2, 0.25) is 5.02 Å². The van der Waals surface area contributed by atoms with Gasteiger partial charge >= 0.3 is 0 Å². The van der Waals surface area contributed by atoms with E-state index < -0.39 is 10.0 Å². The minimum Gasteiger partial charge on any atom is -0.336 e. The molecule has 2 fully saturated rings. The SMILES string of the molecule is O=C(c1ccc(N2CCCS2(=O)=O)cc1Cl)N1CCNCC1. The third-order valence-corrected chi connectivity index (χ3v) is 6.16. The first-order valence-corrected chi connectivity index (χ1v) is 9.28. The van der Waals surface area contributed by atoms with Gasteiger partial charge in [-0.3, -0.25) is 9.10 Å². The topological polar surface area (TPSA) is 69.7 Å². The molecule has 0 aliphatic carbocycles.